The van der Waals surface area contributed by atoms with Crippen molar-refractivity contribution in [2.75, 3.05) is 32.7 Å². The maximum atomic E-state index is 12.8. The van der Waals surface area contributed by atoms with Crippen molar-refractivity contribution in [2.45, 2.75) is 39.7 Å². The molecule has 1 aromatic heterocycles. The molecule has 0 N–H and O–H groups in total. The number of carbonyl (C=O) groups is 1. The highest BCUT2D eigenvalue weighted by Crippen LogP contribution is 2.18. The molecule has 2 aromatic carbocycles. The van der Waals surface area contributed by atoms with Crippen LogP contribution in [0.3, 0.4) is 0 Å². The fourth-order valence-electron chi connectivity index (χ4n) is 3.95. The maximum absolute atomic E-state index is 12.8. The number of rotatable bonds is 8. The molecule has 1 atom stereocenters. The molecular formula is C26H32N4O3. The zero-order valence-corrected chi connectivity index (χ0v) is 19.7. The lowest BCUT2D eigenvalue weighted by Gasteiger charge is -2.35. The van der Waals surface area contributed by atoms with Gasteiger partial charge in [0.2, 0.25) is 11.7 Å². The highest BCUT2D eigenvalue weighted by molar-refractivity contribution is 5.81. The minimum atomic E-state index is -0.487. The molecule has 0 radical (unpaired) electrons. The third-order valence-corrected chi connectivity index (χ3v) is 6.01. The van der Waals surface area contributed by atoms with Crippen molar-refractivity contribution in [3.8, 4) is 17.1 Å². The Morgan fingerprint density at radius 1 is 1.00 bits per heavy atom. The smallest absolute Gasteiger partial charge is 0.263 e. The number of benzene rings is 2. The predicted octanol–water partition coefficient (Wildman–Crippen LogP) is 3.90. The summed E-state index contributed by atoms with van der Waals surface area (Å²) in [5.41, 5.74) is 3.35. The Bertz CT molecular complexity index is 1040. The first-order chi connectivity index (χ1) is 16.0. The standard InChI is InChI=1S/C26H32N4O3/c1-19-6-10-22(11-7-19)25-27-24(33-28-25)5-4-14-29-15-17-30(18-16-29)26(31)21(3)32-23-12-8-20(2)9-13-23/h6-13,21H,4-5,14-18H2,1-3H3. The van der Waals surface area contributed by atoms with E-state index in [1.165, 1.54) is 11.1 Å². The summed E-state index contributed by atoms with van der Waals surface area (Å²) < 4.78 is 11.3. The number of aromatic nitrogens is 2. The Morgan fingerprint density at radius 3 is 2.30 bits per heavy atom. The van der Waals surface area contributed by atoms with Crippen LogP contribution in [0.5, 0.6) is 5.75 Å². The van der Waals surface area contributed by atoms with Crippen LogP contribution in [0.25, 0.3) is 11.4 Å². The van der Waals surface area contributed by atoms with E-state index in [9.17, 15) is 4.79 Å². The molecule has 33 heavy (non-hydrogen) atoms. The van der Waals surface area contributed by atoms with E-state index in [2.05, 4.69) is 22.0 Å². The lowest BCUT2D eigenvalue weighted by atomic mass is 10.1. The van der Waals surface area contributed by atoms with E-state index in [0.29, 0.717) is 11.7 Å². The van der Waals surface area contributed by atoms with E-state index in [-0.39, 0.29) is 5.91 Å². The van der Waals surface area contributed by atoms with Gasteiger partial charge in [-0.1, -0.05) is 52.7 Å². The molecule has 0 aliphatic carbocycles. The van der Waals surface area contributed by atoms with Crippen LogP contribution in [0.4, 0.5) is 0 Å². The first-order valence-corrected chi connectivity index (χ1v) is 11.6. The number of aryl methyl sites for hydroxylation is 3. The molecule has 174 valence electrons. The van der Waals surface area contributed by atoms with E-state index in [0.717, 1.165) is 56.9 Å². The Labute approximate surface area is 195 Å². The second kappa shape index (κ2) is 10.6. The molecule has 2 heterocycles. The SMILES string of the molecule is Cc1ccc(OC(C)C(=O)N2CCN(CCCc3nc(-c4ccc(C)cc4)no3)CC2)cc1. The van der Waals surface area contributed by atoms with Crippen LogP contribution in [0.15, 0.2) is 53.1 Å². The van der Waals surface area contributed by atoms with E-state index >= 15 is 0 Å². The van der Waals surface area contributed by atoms with Gasteiger partial charge >= 0.3 is 0 Å². The van der Waals surface area contributed by atoms with Crippen LogP contribution in [0.1, 0.15) is 30.4 Å². The zero-order valence-electron chi connectivity index (χ0n) is 19.7. The van der Waals surface area contributed by atoms with Crippen molar-refractivity contribution in [2.24, 2.45) is 0 Å². The van der Waals surface area contributed by atoms with Crippen LogP contribution in [-0.4, -0.2) is 64.7 Å². The number of hydrogen-bond acceptors (Lipinski definition) is 6. The van der Waals surface area contributed by atoms with Crippen LogP contribution < -0.4 is 4.74 Å². The molecule has 3 aromatic rings. The van der Waals surface area contributed by atoms with Gasteiger partial charge in [-0.05, 0) is 45.9 Å². The summed E-state index contributed by atoms with van der Waals surface area (Å²) in [6.45, 7) is 10.0. The second-order valence-electron chi connectivity index (χ2n) is 8.72. The number of carbonyl (C=O) groups excluding carboxylic acids is 1. The van der Waals surface area contributed by atoms with Crippen LogP contribution >= 0.6 is 0 Å². The zero-order chi connectivity index (χ0) is 23.2. The first-order valence-electron chi connectivity index (χ1n) is 11.6. The molecular weight excluding hydrogens is 416 g/mol. The average molecular weight is 449 g/mol. The highest BCUT2D eigenvalue weighted by atomic mass is 16.5. The molecule has 1 aliphatic rings. The number of amides is 1. The number of hydrogen-bond donors (Lipinski definition) is 0. The van der Waals surface area contributed by atoms with Gasteiger partial charge in [-0.25, -0.2) is 0 Å². The third-order valence-electron chi connectivity index (χ3n) is 6.01. The van der Waals surface area contributed by atoms with Gasteiger partial charge in [0.1, 0.15) is 5.75 Å². The fraction of sp³-hybridized carbons (Fsp3) is 0.423. The van der Waals surface area contributed by atoms with Crippen molar-refractivity contribution in [1.82, 2.24) is 19.9 Å². The van der Waals surface area contributed by atoms with Crippen molar-refractivity contribution in [1.29, 1.82) is 0 Å². The Hall–Kier alpha value is -3.19. The van der Waals surface area contributed by atoms with Crippen molar-refractivity contribution < 1.29 is 14.1 Å². The molecule has 1 unspecified atom stereocenters. The average Bonchev–Trinajstić information content (AvgIpc) is 3.30. The van der Waals surface area contributed by atoms with Gasteiger partial charge in [-0.15, -0.1) is 0 Å². The van der Waals surface area contributed by atoms with E-state index < -0.39 is 6.10 Å². The second-order valence-corrected chi connectivity index (χ2v) is 8.72. The summed E-state index contributed by atoms with van der Waals surface area (Å²) in [7, 11) is 0. The fourth-order valence-corrected chi connectivity index (χ4v) is 3.95. The Balaban J connectivity index is 1.18. The van der Waals surface area contributed by atoms with Crippen molar-refractivity contribution in [3.05, 3.63) is 65.5 Å². The number of nitrogens with zero attached hydrogens (tertiary/aromatic N) is 4. The van der Waals surface area contributed by atoms with E-state index in [1.54, 1.807) is 0 Å². The summed E-state index contributed by atoms with van der Waals surface area (Å²) in [4.78, 5) is 21.6. The third kappa shape index (κ3) is 6.20. The first kappa shape index (κ1) is 23.0. The Morgan fingerprint density at radius 2 is 1.64 bits per heavy atom. The molecule has 1 saturated heterocycles. The van der Waals surface area contributed by atoms with Gasteiger partial charge in [0, 0.05) is 38.2 Å². The van der Waals surface area contributed by atoms with Crippen LogP contribution in [-0.2, 0) is 11.2 Å². The summed E-state index contributed by atoms with van der Waals surface area (Å²) in [5.74, 6) is 2.08. The lowest BCUT2D eigenvalue weighted by molar-refractivity contribution is -0.139. The minimum Gasteiger partial charge on any atom is -0.481 e. The van der Waals surface area contributed by atoms with Crippen molar-refractivity contribution in [3.63, 3.8) is 0 Å². The van der Waals surface area contributed by atoms with Gasteiger partial charge in [-0.2, -0.15) is 4.98 Å². The van der Waals surface area contributed by atoms with Gasteiger partial charge in [0.25, 0.3) is 5.91 Å². The molecule has 0 spiro atoms. The molecule has 1 fully saturated rings. The monoisotopic (exact) mass is 448 g/mol. The molecule has 7 heteroatoms. The van der Waals surface area contributed by atoms with Gasteiger partial charge in [0.05, 0.1) is 0 Å². The maximum Gasteiger partial charge on any atom is 0.263 e. The summed E-state index contributed by atoms with van der Waals surface area (Å²) in [5, 5.41) is 4.11. The minimum absolute atomic E-state index is 0.0460. The molecule has 4 rings (SSSR count). The van der Waals surface area contributed by atoms with Gasteiger partial charge in [-0.3, -0.25) is 9.69 Å². The number of piperazine rings is 1. The predicted molar refractivity (Wildman–Crippen MR) is 127 cm³/mol. The molecule has 1 aliphatic heterocycles. The summed E-state index contributed by atoms with van der Waals surface area (Å²) in [6, 6.07) is 15.9. The Kier molecular flexibility index (Phi) is 7.40. The van der Waals surface area contributed by atoms with Gasteiger partial charge in [0.15, 0.2) is 6.10 Å². The van der Waals surface area contributed by atoms with Crippen LogP contribution in [0.2, 0.25) is 0 Å². The largest absolute Gasteiger partial charge is 0.481 e. The van der Waals surface area contributed by atoms with Gasteiger partial charge < -0.3 is 14.2 Å². The lowest BCUT2D eigenvalue weighted by Crippen LogP contribution is -2.52. The summed E-state index contributed by atoms with van der Waals surface area (Å²) >= 11 is 0. The molecule has 0 bridgehead atoms. The van der Waals surface area contributed by atoms with Crippen LogP contribution in [0, 0.1) is 13.8 Å². The topological polar surface area (TPSA) is 71.7 Å². The number of ether oxygens (including phenoxy) is 1. The normalized spacial score (nSPS) is 15.4. The molecule has 1 amide bonds. The quantitative estimate of drug-likeness (QED) is 0.521. The molecule has 7 nitrogen and oxygen atoms in total. The van der Waals surface area contributed by atoms with E-state index in [1.807, 2.05) is 67.3 Å². The summed E-state index contributed by atoms with van der Waals surface area (Å²) in [6.07, 6.45) is 1.20. The van der Waals surface area contributed by atoms with E-state index in [4.69, 9.17) is 9.26 Å². The molecule has 0 saturated carbocycles. The van der Waals surface area contributed by atoms with Crippen molar-refractivity contribution >= 4 is 5.91 Å². The highest BCUT2D eigenvalue weighted by Gasteiger charge is 2.26.